The Balaban J connectivity index is 1.60. The summed E-state index contributed by atoms with van der Waals surface area (Å²) >= 11 is 0. The van der Waals surface area contributed by atoms with Gasteiger partial charge in [0.05, 0.1) is 0 Å². The Labute approximate surface area is 173 Å². The molecule has 0 bridgehead atoms. The lowest BCUT2D eigenvalue weighted by Gasteiger charge is -2.35. The van der Waals surface area contributed by atoms with E-state index in [1.165, 1.54) is 10.6 Å². The lowest BCUT2D eigenvalue weighted by atomic mass is 10.2. The molecular weight excluding hydrogens is 387 g/mol. The number of imidazole rings is 1. The molecule has 1 saturated heterocycles. The fourth-order valence-electron chi connectivity index (χ4n) is 3.97. The number of aromatic nitrogens is 4. The number of benzene rings is 1. The molecule has 1 aromatic carbocycles. The number of halogens is 1. The molecule has 0 aliphatic carbocycles. The minimum absolute atomic E-state index is 0.179. The van der Waals surface area contributed by atoms with E-state index >= 15 is 0 Å². The van der Waals surface area contributed by atoms with Crippen molar-refractivity contribution < 1.29 is 4.39 Å². The lowest BCUT2D eigenvalue weighted by Crippen LogP contribution is -2.47. The summed E-state index contributed by atoms with van der Waals surface area (Å²) < 4.78 is 17.3. The van der Waals surface area contributed by atoms with Crippen molar-refractivity contribution in [1.29, 1.82) is 0 Å². The van der Waals surface area contributed by atoms with Gasteiger partial charge in [0.25, 0.3) is 5.56 Å². The van der Waals surface area contributed by atoms with Crippen molar-refractivity contribution in [1.82, 2.24) is 24.0 Å². The monoisotopic (exact) mass is 414 g/mol. The Morgan fingerprint density at radius 3 is 2.57 bits per heavy atom. The molecule has 4 rings (SSSR count). The van der Waals surface area contributed by atoms with Gasteiger partial charge in [-0.05, 0) is 12.5 Å². The van der Waals surface area contributed by atoms with E-state index in [4.69, 9.17) is 0 Å². The van der Waals surface area contributed by atoms with Crippen LogP contribution in [0.15, 0.2) is 33.9 Å². The average Bonchev–Trinajstić information content (AvgIpc) is 3.13. The van der Waals surface area contributed by atoms with Crippen molar-refractivity contribution in [3.63, 3.8) is 0 Å². The number of anilines is 1. The first-order chi connectivity index (χ1) is 14.5. The molecule has 160 valence electrons. The second-order valence-electron chi connectivity index (χ2n) is 7.76. The zero-order valence-electron chi connectivity index (χ0n) is 17.4. The van der Waals surface area contributed by atoms with E-state index in [0.29, 0.717) is 29.8 Å². The van der Waals surface area contributed by atoms with Gasteiger partial charge in [0.15, 0.2) is 11.2 Å². The Kier molecular flexibility index (Phi) is 5.72. The first kappa shape index (κ1) is 20.3. The SMILES string of the molecule is CCCCn1c(N2CCN(Cc3ccccc3F)CC2)nc2c1c(=O)[nH]c(=O)n2C. The molecule has 0 unspecified atom stereocenters. The van der Waals surface area contributed by atoms with Crippen molar-refractivity contribution >= 4 is 17.1 Å². The topological polar surface area (TPSA) is 79.2 Å². The highest BCUT2D eigenvalue weighted by molar-refractivity contribution is 5.74. The maximum atomic E-state index is 14.0. The lowest BCUT2D eigenvalue weighted by molar-refractivity contribution is 0.245. The number of H-pyrrole nitrogens is 1. The van der Waals surface area contributed by atoms with Crippen LogP contribution in [0.2, 0.25) is 0 Å². The predicted molar refractivity (Wildman–Crippen MR) is 114 cm³/mol. The van der Waals surface area contributed by atoms with Crippen LogP contribution in [0.4, 0.5) is 10.3 Å². The number of aryl methyl sites for hydroxylation is 2. The van der Waals surface area contributed by atoms with Crippen LogP contribution < -0.4 is 16.1 Å². The molecule has 1 N–H and O–H groups in total. The molecule has 3 heterocycles. The maximum Gasteiger partial charge on any atom is 0.329 e. The van der Waals surface area contributed by atoms with Crippen LogP contribution in [0.3, 0.4) is 0 Å². The summed E-state index contributed by atoms with van der Waals surface area (Å²) in [7, 11) is 1.62. The highest BCUT2D eigenvalue weighted by atomic mass is 19.1. The minimum Gasteiger partial charge on any atom is -0.340 e. The van der Waals surface area contributed by atoms with Gasteiger partial charge in [-0.15, -0.1) is 0 Å². The largest absolute Gasteiger partial charge is 0.340 e. The molecule has 9 heteroatoms. The zero-order chi connectivity index (χ0) is 21.3. The summed E-state index contributed by atoms with van der Waals surface area (Å²) in [6, 6.07) is 6.86. The predicted octanol–water partition coefficient (Wildman–Crippen LogP) is 1.68. The van der Waals surface area contributed by atoms with E-state index in [0.717, 1.165) is 45.0 Å². The third-order valence-corrected chi connectivity index (χ3v) is 5.73. The quantitative estimate of drug-likeness (QED) is 0.664. The number of aromatic amines is 1. The molecule has 8 nitrogen and oxygen atoms in total. The summed E-state index contributed by atoms with van der Waals surface area (Å²) in [6.07, 6.45) is 1.90. The Bertz CT molecular complexity index is 1160. The normalized spacial score (nSPS) is 15.2. The Morgan fingerprint density at radius 2 is 1.87 bits per heavy atom. The Morgan fingerprint density at radius 1 is 1.13 bits per heavy atom. The van der Waals surface area contributed by atoms with E-state index in [-0.39, 0.29) is 5.82 Å². The number of unbranched alkanes of at least 4 members (excludes halogenated alkanes) is 1. The molecule has 1 fully saturated rings. The van der Waals surface area contributed by atoms with Crippen molar-refractivity contribution in [3.8, 4) is 0 Å². The average molecular weight is 414 g/mol. The van der Waals surface area contributed by atoms with E-state index in [1.807, 2.05) is 16.7 Å². The van der Waals surface area contributed by atoms with Crippen LogP contribution in [-0.2, 0) is 20.1 Å². The van der Waals surface area contributed by atoms with Crippen LogP contribution >= 0.6 is 0 Å². The van der Waals surface area contributed by atoms with Crippen LogP contribution in [0, 0.1) is 5.82 Å². The minimum atomic E-state index is -0.464. The summed E-state index contributed by atoms with van der Waals surface area (Å²) in [5, 5.41) is 0. The summed E-state index contributed by atoms with van der Waals surface area (Å²) in [6.45, 7) is 6.30. The van der Waals surface area contributed by atoms with Crippen molar-refractivity contribution in [3.05, 3.63) is 56.5 Å². The van der Waals surface area contributed by atoms with E-state index in [2.05, 4.69) is 26.7 Å². The third-order valence-electron chi connectivity index (χ3n) is 5.73. The third kappa shape index (κ3) is 3.77. The van der Waals surface area contributed by atoms with Gasteiger partial charge in [0.1, 0.15) is 5.82 Å². The molecule has 3 aromatic rings. The fourth-order valence-corrected chi connectivity index (χ4v) is 3.97. The van der Waals surface area contributed by atoms with Gasteiger partial charge in [-0.1, -0.05) is 31.5 Å². The van der Waals surface area contributed by atoms with Gasteiger partial charge >= 0.3 is 5.69 Å². The highest BCUT2D eigenvalue weighted by Crippen LogP contribution is 2.22. The van der Waals surface area contributed by atoms with E-state index < -0.39 is 11.2 Å². The number of hydrogen-bond donors (Lipinski definition) is 1. The fraction of sp³-hybridized carbons (Fsp3) is 0.476. The van der Waals surface area contributed by atoms with Crippen molar-refractivity contribution in [2.75, 3.05) is 31.1 Å². The number of rotatable bonds is 6. The highest BCUT2D eigenvalue weighted by Gasteiger charge is 2.25. The first-order valence-electron chi connectivity index (χ1n) is 10.4. The van der Waals surface area contributed by atoms with Gasteiger partial charge < -0.3 is 9.47 Å². The summed E-state index contributed by atoms with van der Waals surface area (Å²) in [4.78, 5) is 36.0. The number of hydrogen-bond acceptors (Lipinski definition) is 5. The maximum absolute atomic E-state index is 14.0. The van der Waals surface area contributed by atoms with Gasteiger partial charge in [-0.2, -0.15) is 4.98 Å². The van der Waals surface area contributed by atoms with Gasteiger partial charge in [0, 0.05) is 51.9 Å². The molecule has 1 aliphatic rings. The standard InChI is InChI=1S/C21H27FN6O2/c1-3-4-9-28-17-18(25(2)21(30)24-19(17)29)23-20(28)27-12-10-26(11-13-27)14-15-7-5-6-8-16(15)22/h5-8H,3-4,9-14H2,1-2H3,(H,24,29,30). The molecule has 0 atom stereocenters. The van der Waals surface area contributed by atoms with Crippen molar-refractivity contribution in [2.45, 2.75) is 32.9 Å². The molecule has 30 heavy (non-hydrogen) atoms. The number of nitrogens with one attached hydrogen (secondary N) is 1. The summed E-state index contributed by atoms with van der Waals surface area (Å²) in [5.74, 6) is 0.539. The van der Waals surface area contributed by atoms with Crippen molar-refractivity contribution in [2.24, 2.45) is 7.05 Å². The van der Waals surface area contributed by atoms with Crippen LogP contribution in [0.5, 0.6) is 0 Å². The van der Waals surface area contributed by atoms with Crippen LogP contribution in [-0.4, -0.2) is 50.2 Å². The number of fused-ring (bicyclic) bond motifs is 1. The van der Waals surface area contributed by atoms with Gasteiger partial charge in [-0.3, -0.25) is 19.2 Å². The van der Waals surface area contributed by atoms with E-state index in [9.17, 15) is 14.0 Å². The van der Waals surface area contributed by atoms with Gasteiger partial charge in [-0.25, -0.2) is 9.18 Å². The van der Waals surface area contributed by atoms with Crippen LogP contribution in [0.1, 0.15) is 25.3 Å². The molecule has 0 spiro atoms. The molecular formula is C21H27FN6O2. The van der Waals surface area contributed by atoms with Crippen LogP contribution in [0.25, 0.3) is 11.2 Å². The van der Waals surface area contributed by atoms with E-state index in [1.54, 1.807) is 13.1 Å². The molecule has 0 amide bonds. The van der Waals surface area contributed by atoms with Gasteiger partial charge in [0.2, 0.25) is 5.95 Å². The first-order valence-corrected chi connectivity index (χ1v) is 10.4. The number of piperazine rings is 1. The molecule has 0 saturated carbocycles. The zero-order valence-corrected chi connectivity index (χ0v) is 17.4. The summed E-state index contributed by atoms with van der Waals surface area (Å²) in [5.41, 5.74) is 0.677. The molecule has 0 radical (unpaired) electrons. The molecule has 2 aromatic heterocycles. The smallest absolute Gasteiger partial charge is 0.329 e. The Hall–Kier alpha value is -2.94. The second-order valence-corrected chi connectivity index (χ2v) is 7.76. The second kappa shape index (κ2) is 8.43. The molecule has 1 aliphatic heterocycles. The number of nitrogens with zero attached hydrogens (tertiary/aromatic N) is 5.